The van der Waals surface area contributed by atoms with E-state index in [4.69, 9.17) is 0 Å². The Hall–Kier alpha value is -1.86. The van der Waals surface area contributed by atoms with E-state index in [0.29, 0.717) is 17.3 Å². The minimum absolute atomic E-state index is 0.285. The topological polar surface area (TPSA) is 66.5 Å². The Balaban J connectivity index is 2.13. The Morgan fingerprint density at radius 2 is 1.64 bits per heavy atom. The summed E-state index contributed by atoms with van der Waals surface area (Å²) in [6.45, 7) is 3.90. The highest BCUT2D eigenvalue weighted by atomic mass is 79.9. The molecule has 1 amide bonds. The van der Waals surface area contributed by atoms with Gasteiger partial charge < -0.3 is 5.32 Å². The number of nitrogens with one attached hydrogen (secondary N) is 1. The fourth-order valence-electron chi connectivity index (χ4n) is 2.29. The molecule has 0 saturated carbocycles. The Morgan fingerprint density at radius 1 is 1.08 bits per heavy atom. The molecule has 0 aromatic heterocycles. The molecular weight excluding hydrogens is 404 g/mol. The summed E-state index contributed by atoms with van der Waals surface area (Å²) >= 11 is 3.31. The van der Waals surface area contributed by atoms with Gasteiger partial charge in [-0.15, -0.1) is 0 Å². The SMILES string of the molecule is CC(C)c1ccc(NC(=O)CN(c2ccc(Br)cc2)S(C)(=O)=O)cc1. The Bertz CT molecular complexity index is 832. The second kappa shape index (κ2) is 8.01. The molecule has 2 aromatic carbocycles. The van der Waals surface area contributed by atoms with E-state index in [1.165, 1.54) is 5.56 Å². The summed E-state index contributed by atoms with van der Waals surface area (Å²) in [7, 11) is -3.58. The van der Waals surface area contributed by atoms with E-state index in [-0.39, 0.29) is 6.54 Å². The van der Waals surface area contributed by atoms with Crippen molar-refractivity contribution in [2.45, 2.75) is 19.8 Å². The van der Waals surface area contributed by atoms with Crippen LogP contribution in [0.2, 0.25) is 0 Å². The highest BCUT2D eigenvalue weighted by Gasteiger charge is 2.20. The minimum atomic E-state index is -3.58. The normalized spacial score (nSPS) is 11.4. The van der Waals surface area contributed by atoms with Crippen molar-refractivity contribution in [3.05, 3.63) is 58.6 Å². The van der Waals surface area contributed by atoms with Crippen molar-refractivity contribution in [1.29, 1.82) is 0 Å². The lowest BCUT2D eigenvalue weighted by molar-refractivity contribution is -0.114. The summed E-state index contributed by atoms with van der Waals surface area (Å²) in [5.74, 6) is 0.00789. The first kappa shape index (κ1) is 19.5. The van der Waals surface area contributed by atoms with Crippen molar-refractivity contribution in [2.75, 3.05) is 22.4 Å². The number of sulfonamides is 1. The molecular formula is C18H21BrN2O3S. The average molecular weight is 425 g/mol. The van der Waals surface area contributed by atoms with Crippen LogP contribution >= 0.6 is 15.9 Å². The van der Waals surface area contributed by atoms with Crippen LogP contribution in [-0.4, -0.2) is 27.1 Å². The summed E-state index contributed by atoms with van der Waals surface area (Å²) in [5, 5.41) is 2.74. The van der Waals surface area contributed by atoms with Crippen molar-refractivity contribution in [1.82, 2.24) is 0 Å². The fourth-order valence-corrected chi connectivity index (χ4v) is 3.41. The molecule has 0 unspecified atom stereocenters. The zero-order valence-electron chi connectivity index (χ0n) is 14.4. The molecule has 0 aliphatic carbocycles. The van der Waals surface area contributed by atoms with Gasteiger partial charge in [0.1, 0.15) is 6.54 Å². The monoisotopic (exact) mass is 424 g/mol. The Kier molecular flexibility index (Phi) is 6.24. The molecule has 2 aromatic rings. The third-order valence-corrected chi connectivity index (χ3v) is 5.33. The Labute approximate surface area is 157 Å². The van der Waals surface area contributed by atoms with Crippen molar-refractivity contribution in [2.24, 2.45) is 0 Å². The molecule has 5 nitrogen and oxygen atoms in total. The van der Waals surface area contributed by atoms with Gasteiger partial charge in [-0.3, -0.25) is 9.10 Å². The van der Waals surface area contributed by atoms with Crippen LogP contribution in [0.25, 0.3) is 0 Å². The largest absolute Gasteiger partial charge is 0.325 e. The summed E-state index contributed by atoms with van der Waals surface area (Å²) in [6, 6.07) is 14.3. The van der Waals surface area contributed by atoms with Gasteiger partial charge in [-0.1, -0.05) is 41.9 Å². The van der Waals surface area contributed by atoms with Crippen molar-refractivity contribution in [3.8, 4) is 0 Å². The van der Waals surface area contributed by atoms with Gasteiger partial charge in [-0.05, 0) is 47.9 Å². The minimum Gasteiger partial charge on any atom is -0.325 e. The van der Waals surface area contributed by atoms with Gasteiger partial charge in [0, 0.05) is 10.2 Å². The molecule has 134 valence electrons. The van der Waals surface area contributed by atoms with Gasteiger partial charge in [0.25, 0.3) is 0 Å². The number of carbonyl (C=O) groups excluding carboxylic acids is 1. The molecule has 0 heterocycles. The molecule has 25 heavy (non-hydrogen) atoms. The van der Waals surface area contributed by atoms with E-state index in [9.17, 15) is 13.2 Å². The van der Waals surface area contributed by atoms with Gasteiger partial charge in [0.05, 0.1) is 11.9 Å². The lowest BCUT2D eigenvalue weighted by Gasteiger charge is -2.22. The van der Waals surface area contributed by atoms with Crippen molar-refractivity contribution < 1.29 is 13.2 Å². The van der Waals surface area contributed by atoms with Crippen LogP contribution < -0.4 is 9.62 Å². The number of amides is 1. The molecule has 0 fully saturated rings. The predicted molar refractivity (Wildman–Crippen MR) is 105 cm³/mol. The lowest BCUT2D eigenvalue weighted by Crippen LogP contribution is -2.37. The number of carbonyl (C=O) groups is 1. The zero-order chi connectivity index (χ0) is 18.6. The van der Waals surface area contributed by atoms with Crippen LogP contribution in [0.15, 0.2) is 53.0 Å². The Morgan fingerprint density at radius 3 is 2.12 bits per heavy atom. The molecule has 0 saturated heterocycles. The van der Waals surface area contributed by atoms with Gasteiger partial charge in [-0.2, -0.15) is 0 Å². The van der Waals surface area contributed by atoms with Gasteiger partial charge >= 0.3 is 0 Å². The summed E-state index contributed by atoms with van der Waals surface area (Å²) in [4.78, 5) is 12.3. The maximum absolute atomic E-state index is 12.3. The van der Waals surface area contributed by atoms with Crippen LogP contribution in [0.5, 0.6) is 0 Å². The second-order valence-electron chi connectivity index (χ2n) is 6.07. The number of nitrogens with zero attached hydrogens (tertiary/aromatic N) is 1. The number of hydrogen-bond donors (Lipinski definition) is 1. The molecule has 0 bridgehead atoms. The third-order valence-electron chi connectivity index (χ3n) is 3.66. The number of hydrogen-bond acceptors (Lipinski definition) is 3. The van der Waals surface area contributed by atoms with E-state index < -0.39 is 15.9 Å². The predicted octanol–water partition coefficient (Wildman–Crippen LogP) is 3.98. The first-order valence-corrected chi connectivity index (χ1v) is 10.4. The maximum Gasteiger partial charge on any atom is 0.245 e. The molecule has 0 aliphatic heterocycles. The summed E-state index contributed by atoms with van der Waals surface area (Å²) in [5.41, 5.74) is 2.25. The van der Waals surface area contributed by atoms with E-state index in [0.717, 1.165) is 15.0 Å². The van der Waals surface area contributed by atoms with Crippen molar-refractivity contribution >= 4 is 43.2 Å². The zero-order valence-corrected chi connectivity index (χ0v) is 16.8. The van der Waals surface area contributed by atoms with Crippen LogP contribution in [-0.2, 0) is 14.8 Å². The highest BCUT2D eigenvalue weighted by molar-refractivity contribution is 9.10. The van der Waals surface area contributed by atoms with Crippen LogP contribution in [0.4, 0.5) is 11.4 Å². The lowest BCUT2D eigenvalue weighted by atomic mass is 10.0. The molecule has 0 radical (unpaired) electrons. The first-order chi connectivity index (χ1) is 11.7. The van der Waals surface area contributed by atoms with E-state index in [2.05, 4.69) is 35.1 Å². The third kappa shape index (κ3) is 5.57. The number of anilines is 2. The molecule has 2 rings (SSSR count). The highest BCUT2D eigenvalue weighted by Crippen LogP contribution is 2.21. The van der Waals surface area contributed by atoms with E-state index in [1.54, 1.807) is 24.3 Å². The quantitative estimate of drug-likeness (QED) is 0.762. The van der Waals surface area contributed by atoms with E-state index >= 15 is 0 Å². The molecule has 0 atom stereocenters. The van der Waals surface area contributed by atoms with Crippen LogP contribution in [0, 0.1) is 0 Å². The standard InChI is InChI=1S/C18H21BrN2O3S/c1-13(2)14-4-8-16(9-5-14)20-18(22)12-21(25(3,23)24)17-10-6-15(19)7-11-17/h4-11,13H,12H2,1-3H3,(H,20,22). The van der Waals surface area contributed by atoms with Crippen molar-refractivity contribution in [3.63, 3.8) is 0 Å². The number of benzene rings is 2. The van der Waals surface area contributed by atoms with Gasteiger partial charge in [-0.25, -0.2) is 8.42 Å². The average Bonchev–Trinajstić information content (AvgIpc) is 2.53. The van der Waals surface area contributed by atoms with Crippen LogP contribution in [0.3, 0.4) is 0 Å². The summed E-state index contributed by atoms with van der Waals surface area (Å²) in [6.07, 6.45) is 1.08. The smallest absolute Gasteiger partial charge is 0.245 e. The number of rotatable bonds is 6. The molecule has 0 aliphatic rings. The molecule has 7 heteroatoms. The molecule has 0 spiro atoms. The summed E-state index contributed by atoms with van der Waals surface area (Å²) < 4.78 is 26.0. The van der Waals surface area contributed by atoms with Gasteiger partial charge in [0.2, 0.25) is 15.9 Å². The van der Waals surface area contributed by atoms with Gasteiger partial charge in [0.15, 0.2) is 0 Å². The second-order valence-corrected chi connectivity index (χ2v) is 8.89. The van der Waals surface area contributed by atoms with Crippen LogP contribution in [0.1, 0.15) is 25.3 Å². The first-order valence-electron chi connectivity index (χ1n) is 7.80. The molecule has 1 N–H and O–H groups in total. The number of halogens is 1. The van der Waals surface area contributed by atoms with E-state index in [1.807, 2.05) is 24.3 Å². The fraction of sp³-hybridized carbons (Fsp3) is 0.278. The maximum atomic E-state index is 12.3.